The van der Waals surface area contributed by atoms with E-state index in [0.717, 1.165) is 11.1 Å². The molecule has 0 saturated heterocycles. The van der Waals surface area contributed by atoms with Gasteiger partial charge in [-0.05, 0) is 41.5 Å². The summed E-state index contributed by atoms with van der Waals surface area (Å²) in [5.41, 5.74) is 2.48. The van der Waals surface area contributed by atoms with Gasteiger partial charge in [-0.15, -0.1) is 0 Å². The second-order valence-electron chi connectivity index (χ2n) is 6.62. The van der Waals surface area contributed by atoms with Crippen LogP contribution in [0.15, 0.2) is 95.8 Å². The molecule has 0 saturated carbocycles. The van der Waals surface area contributed by atoms with Gasteiger partial charge in [-0.2, -0.15) is 5.10 Å². The third-order valence-electron chi connectivity index (χ3n) is 4.50. The number of aromatic nitrogens is 2. The van der Waals surface area contributed by atoms with Crippen LogP contribution in [0.3, 0.4) is 0 Å². The third-order valence-corrected chi connectivity index (χ3v) is 4.50. The minimum atomic E-state index is -0.374. The minimum Gasteiger partial charge on any atom is -0.489 e. The Morgan fingerprint density at radius 3 is 2.41 bits per heavy atom. The minimum absolute atomic E-state index is 0.249. The fraction of sp³-hybridized carbons (Fsp3) is 0.0833. The van der Waals surface area contributed by atoms with Crippen LogP contribution in [0.1, 0.15) is 11.1 Å². The second-order valence-corrected chi connectivity index (χ2v) is 6.62. The second kappa shape index (κ2) is 8.52. The number of ether oxygens (including phenoxy) is 1. The summed E-state index contributed by atoms with van der Waals surface area (Å²) in [7, 11) is 0. The predicted octanol–water partition coefficient (Wildman–Crippen LogP) is 4.68. The Morgan fingerprint density at radius 1 is 0.828 bits per heavy atom. The van der Waals surface area contributed by atoms with Crippen LogP contribution in [0.5, 0.6) is 5.75 Å². The molecule has 144 valence electrons. The van der Waals surface area contributed by atoms with E-state index in [1.807, 2.05) is 54.6 Å². The summed E-state index contributed by atoms with van der Waals surface area (Å²) >= 11 is 0. The van der Waals surface area contributed by atoms with Gasteiger partial charge in [0.25, 0.3) is 5.56 Å². The highest BCUT2D eigenvalue weighted by atomic mass is 19.1. The van der Waals surface area contributed by atoms with Crippen molar-refractivity contribution < 1.29 is 9.13 Å². The van der Waals surface area contributed by atoms with E-state index in [1.54, 1.807) is 18.2 Å². The lowest BCUT2D eigenvalue weighted by atomic mass is 10.1. The number of hydrogen-bond acceptors (Lipinski definition) is 3. The van der Waals surface area contributed by atoms with Gasteiger partial charge in [-0.25, -0.2) is 9.07 Å². The fourth-order valence-corrected chi connectivity index (χ4v) is 3.02. The first kappa shape index (κ1) is 18.6. The van der Waals surface area contributed by atoms with E-state index in [-0.39, 0.29) is 17.9 Å². The molecule has 0 unspecified atom stereocenters. The molecule has 0 spiro atoms. The van der Waals surface area contributed by atoms with Crippen molar-refractivity contribution in [2.75, 3.05) is 0 Å². The fourth-order valence-electron chi connectivity index (χ4n) is 3.02. The molecule has 4 aromatic rings. The SMILES string of the molecule is O=c1ccc(-c2ccccc2F)nn1Cc1cccc(OCc2ccccc2)c1. The number of benzene rings is 3. The van der Waals surface area contributed by atoms with E-state index in [4.69, 9.17) is 4.74 Å². The number of rotatable bonds is 6. The molecule has 29 heavy (non-hydrogen) atoms. The largest absolute Gasteiger partial charge is 0.489 e. The molecule has 5 heteroatoms. The number of halogens is 1. The molecule has 1 aromatic heterocycles. The molecule has 3 aromatic carbocycles. The molecule has 0 fully saturated rings. The van der Waals surface area contributed by atoms with Gasteiger partial charge >= 0.3 is 0 Å². The quantitative estimate of drug-likeness (QED) is 0.483. The van der Waals surface area contributed by atoms with E-state index >= 15 is 0 Å². The third kappa shape index (κ3) is 4.58. The Morgan fingerprint density at radius 2 is 1.59 bits per heavy atom. The van der Waals surface area contributed by atoms with E-state index < -0.39 is 0 Å². The lowest BCUT2D eigenvalue weighted by Crippen LogP contribution is -2.23. The molecule has 0 radical (unpaired) electrons. The van der Waals surface area contributed by atoms with E-state index in [2.05, 4.69) is 5.10 Å². The van der Waals surface area contributed by atoms with Gasteiger partial charge in [0, 0.05) is 11.6 Å². The van der Waals surface area contributed by atoms with Gasteiger partial charge in [0.1, 0.15) is 18.2 Å². The molecule has 0 N–H and O–H groups in total. The Balaban J connectivity index is 1.54. The number of nitrogens with zero attached hydrogens (tertiary/aromatic N) is 2. The maximum absolute atomic E-state index is 14.1. The lowest BCUT2D eigenvalue weighted by Gasteiger charge is -2.10. The van der Waals surface area contributed by atoms with Crippen LogP contribution in [0.25, 0.3) is 11.3 Å². The standard InChI is InChI=1S/C24H19FN2O2/c25-22-12-5-4-11-21(22)23-13-14-24(28)27(26-23)16-19-9-6-10-20(15-19)29-17-18-7-2-1-3-8-18/h1-15H,16-17H2. The molecule has 0 bridgehead atoms. The van der Waals surface area contributed by atoms with Gasteiger partial charge in [-0.3, -0.25) is 4.79 Å². The average Bonchev–Trinajstić information content (AvgIpc) is 2.75. The summed E-state index contributed by atoms with van der Waals surface area (Å²) in [6.07, 6.45) is 0. The van der Waals surface area contributed by atoms with Crippen molar-refractivity contribution in [1.82, 2.24) is 9.78 Å². The Hall–Kier alpha value is -3.73. The Bertz CT molecular complexity index is 1170. The van der Waals surface area contributed by atoms with Crippen molar-refractivity contribution in [3.63, 3.8) is 0 Å². The van der Waals surface area contributed by atoms with Crippen LogP contribution in [0.4, 0.5) is 4.39 Å². The zero-order valence-corrected chi connectivity index (χ0v) is 15.7. The topological polar surface area (TPSA) is 44.1 Å². The van der Waals surface area contributed by atoms with Crippen LogP contribution in [0, 0.1) is 5.82 Å². The first-order chi connectivity index (χ1) is 14.2. The van der Waals surface area contributed by atoms with Gasteiger partial charge in [0.2, 0.25) is 0 Å². The van der Waals surface area contributed by atoms with Gasteiger partial charge in [-0.1, -0.05) is 54.6 Å². The van der Waals surface area contributed by atoms with Crippen molar-refractivity contribution in [3.8, 4) is 17.0 Å². The van der Waals surface area contributed by atoms with Crippen LogP contribution >= 0.6 is 0 Å². The molecule has 0 aliphatic carbocycles. The highest BCUT2D eigenvalue weighted by Crippen LogP contribution is 2.20. The normalized spacial score (nSPS) is 10.7. The van der Waals surface area contributed by atoms with Crippen molar-refractivity contribution in [2.45, 2.75) is 13.2 Å². The van der Waals surface area contributed by atoms with Crippen LogP contribution < -0.4 is 10.3 Å². The molecule has 4 rings (SSSR count). The summed E-state index contributed by atoms with van der Waals surface area (Å²) in [5, 5.41) is 4.35. The van der Waals surface area contributed by atoms with Gasteiger partial charge < -0.3 is 4.74 Å². The molecule has 0 aliphatic heterocycles. The maximum Gasteiger partial charge on any atom is 0.267 e. The summed E-state index contributed by atoms with van der Waals surface area (Å²) < 4.78 is 21.3. The lowest BCUT2D eigenvalue weighted by molar-refractivity contribution is 0.306. The summed E-state index contributed by atoms with van der Waals surface area (Å²) in [5.74, 6) is 0.339. The van der Waals surface area contributed by atoms with Crippen LogP contribution in [0.2, 0.25) is 0 Å². The van der Waals surface area contributed by atoms with Crippen LogP contribution in [-0.4, -0.2) is 9.78 Å². The van der Waals surface area contributed by atoms with Gasteiger partial charge in [0.05, 0.1) is 12.2 Å². The first-order valence-corrected chi connectivity index (χ1v) is 9.28. The molecule has 4 nitrogen and oxygen atoms in total. The molecule has 0 atom stereocenters. The average molecular weight is 386 g/mol. The summed E-state index contributed by atoms with van der Waals surface area (Å²) in [6, 6.07) is 26.8. The number of hydrogen-bond donors (Lipinski definition) is 0. The highest BCUT2D eigenvalue weighted by Gasteiger charge is 2.08. The molecule has 0 amide bonds. The smallest absolute Gasteiger partial charge is 0.267 e. The maximum atomic E-state index is 14.1. The zero-order chi connectivity index (χ0) is 20.1. The zero-order valence-electron chi connectivity index (χ0n) is 15.7. The monoisotopic (exact) mass is 386 g/mol. The van der Waals surface area contributed by atoms with E-state index in [1.165, 1.54) is 22.9 Å². The molecule has 1 heterocycles. The van der Waals surface area contributed by atoms with E-state index in [0.29, 0.717) is 23.6 Å². The van der Waals surface area contributed by atoms with E-state index in [9.17, 15) is 9.18 Å². The van der Waals surface area contributed by atoms with Gasteiger partial charge in [0.15, 0.2) is 0 Å². The van der Waals surface area contributed by atoms with Crippen molar-refractivity contribution in [3.05, 3.63) is 118 Å². The summed E-state index contributed by atoms with van der Waals surface area (Å²) in [4.78, 5) is 12.3. The summed E-state index contributed by atoms with van der Waals surface area (Å²) in [6.45, 7) is 0.731. The van der Waals surface area contributed by atoms with Crippen molar-refractivity contribution in [1.29, 1.82) is 0 Å². The van der Waals surface area contributed by atoms with Crippen LogP contribution in [-0.2, 0) is 13.2 Å². The highest BCUT2D eigenvalue weighted by molar-refractivity contribution is 5.58. The molecule has 0 aliphatic rings. The molecular formula is C24H19FN2O2. The van der Waals surface area contributed by atoms with Crippen molar-refractivity contribution >= 4 is 0 Å². The predicted molar refractivity (Wildman–Crippen MR) is 110 cm³/mol. The Kier molecular flexibility index (Phi) is 5.47. The molecular weight excluding hydrogens is 367 g/mol. The first-order valence-electron chi connectivity index (χ1n) is 9.28. The van der Waals surface area contributed by atoms with Crippen molar-refractivity contribution in [2.24, 2.45) is 0 Å². The Labute approximate surface area is 167 Å².